The minimum Gasteiger partial charge on any atom is -0.300 e. The lowest BCUT2D eigenvalue weighted by Gasteiger charge is -2.47. The van der Waals surface area contributed by atoms with Crippen LogP contribution in [0.15, 0.2) is 0 Å². The molecule has 0 N–H and O–H groups in total. The fourth-order valence-corrected chi connectivity index (χ4v) is 3.45. The third kappa shape index (κ3) is 1.95. The summed E-state index contributed by atoms with van der Waals surface area (Å²) in [4.78, 5) is 11.6. The molecule has 0 aromatic rings. The van der Waals surface area contributed by atoms with E-state index in [1.54, 1.807) is 6.92 Å². The molecule has 1 fully saturated rings. The molecular weight excluding hydrogens is 160 g/mol. The van der Waals surface area contributed by atoms with Crippen LogP contribution in [0, 0.1) is 16.7 Å². The van der Waals surface area contributed by atoms with Crippen LogP contribution in [0.5, 0.6) is 0 Å². The second-order valence-electron chi connectivity index (χ2n) is 5.87. The summed E-state index contributed by atoms with van der Waals surface area (Å²) in [6.07, 6.45) is 3.66. The molecular formula is C12H22O. The third-order valence-electron chi connectivity index (χ3n) is 3.61. The van der Waals surface area contributed by atoms with Crippen LogP contribution >= 0.6 is 0 Å². The van der Waals surface area contributed by atoms with Crippen molar-refractivity contribution >= 4 is 5.78 Å². The Morgan fingerprint density at radius 1 is 1.08 bits per heavy atom. The van der Waals surface area contributed by atoms with E-state index in [9.17, 15) is 4.79 Å². The molecule has 0 spiro atoms. The minimum absolute atomic E-state index is 0.202. The van der Waals surface area contributed by atoms with Gasteiger partial charge in [-0.1, -0.05) is 34.1 Å². The van der Waals surface area contributed by atoms with E-state index in [2.05, 4.69) is 27.7 Å². The van der Waals surface area contributed by atoms with E-state index in [1.165, 1.54) is 19.3 Å². The highest BCUT2D eigenvalue weighted by molar-refractivity contribution is 5.80. The third-order valence-corrected chi connectivity index (χ3v) is 3.61. The number of rotatable bonds is 1. The van der Waals surface area contributed by atoms with Gasteiger partial charge in [-0.2, -0.15) is 0 Å². The van der Waals surface area contributed by atoms with Gasteiger partial charge in [-0.3, -0.25) is 4.79 Å². The van der Waals surface area contributed by atoms with Crippen LogP contribution in [0.3, 0.4) is 0 Å². The first-order valence-corrected chi connectivity index (χ1v) is 5.28. The van der Waals surface area contributed by atoms with Crippen LogP contribution in [0.25, 0.3) is 0 Å². The summed E-state index contributed by atoms with van der Waals surface area (Å²) in [5.74, 6) is 0.614. The van der Waals surface area contributed by atoms with Crippen molar-refractivity contribution in [1.29, 1.82) is 0 Å². The van der Waals surface area contributed by atoms with Crippen molar-refractivity contribution in [2.45, 2.75) is 53.9 Å². The molecule has 0 aliphatic heterocycles. The van der Waals surface area contributed by atoms with Gasteiger partial charge in [0.1, 0.15) is 5.78 Å². The highest BCUT2D eigenvalue weighted by atomic mass is 16.1. The van der Waals surface area contributed by atoms with E-state index >= 15 is 0 Å². The first-order valence-electron chi connectivity index (χ1n) is 5.28. The van der Waals surface area contributed by atoms with Crippen molar-refractivity contribution in [2.24, 2.45) is 16.7 Å². The van der Waals surface area contributed by atoms with Gasteiger partial charge in [0.05, 0.1) is 0 Å². The second-order valence-corrected chi connectivity index (χ2v) is 5.87. The van der Waals surface area contributed by atoms with Crippen LogP contribution in [-0.4, -0.2) is 5.78 Å². The minimum atomic E-state index is 0.202. The van der Waals surface area contributed by atoms with E-state index in [0.29, 0.717) is 5.78 Å². The molecule has 0 aromatic heterocycles. The Morgan fingerprint density at radius 2 is 1.46 bits per heavy atom. The zero-order valence-electron chi connectivity index (χ0n) is 9.61. The Morgan fingerprint density at radius 3 is 1.69 bits per heavy atom. The summed E-state index contributed by atoms with van der Waals surface area (Å²) in [5.41, 5.74) is 0.404. The molecule has 0 unspecified atom stereocenters. The maximum atomic E-state index is 11.6. The van der Waals surface area contributed by atoms with Crippen LogP contribution in [0.2, 0.25) is 0 Å². The zero-order valence-corrected chi connectivity index (χ0v) is 9.61. The van der Waals surface area contributed by atoms with E-state index in [-0.39, 0.29) is 16.7 Å². The summed E-state index contributed by atoms with van der Waals surface area (Å²) in [5, 5.41) is 0. The SMILES string of the molecule is CC(=O)C1C(C)(C)CCCC1(C)C. The molecule has 1 saturated carbocycles. The normalized spacial score (nSPS) is 27.2. The highest BCUT2D eigenvalue weighted by Gasteiger charge is 2.46. The summed E-state index contributed by atoms with van der Waals surface area (Å²) < 4.78 is 0. The monoisotopic (exact) mass is 182 g/mol. The van der Waals surface area contributed by atoms with Crippen molar-refractivity contribution in [1.82, 2.24) is 0 Å². The van der Waals surface area contributed by atoms with E-state index in [4.69, 9.17) is 0 Å². The predicted octanol–water partition coefficient (Wildman–Crippen LogP) is 3.43. The number of Topliss-reactive ketones (excluding diaryl/α,β-unsaturated/α-hetero) is 1. The summed E-state index contributed by atoms with van der Waals surface area (Å²) >= 11 is 0. The lowest BCUT2D eigenvalue weighted by atomic mass is 9.56. The molecule has 0 bridgehead atoms. The molecule has 0 heterocycles. The second kappa shape index (κ2) is 3.11. The van der Waals surface area contributed by atoms with Gasteiger partial charge in [0.15, 0.2) is 0 Å². The Bertz CT molecular complexity index is 197. The van der Waals surface area contributed by atoms with Gasteiger partial charge >= 0.3 is 0 Å². The van der Waals surface area contributed by atoms with Crippen LogP contribution in [0.4, 0.5) is 0 Å². The molecule has 0 saturated heterocycles. The Balaban J connectivity index is 2.98. The van der Waals surface area contributed by atoms with Crippen molar-refractivity contribution < 1.29 is 4.79 Å². The Kier molecular flexibility index (Phi) is 2.57. The maximum absolute atomic E-state index is 11.6. The fourth-order valence-electron chi connectivity index (χ4n) is 3.45. The van der Waals surface area contributed by atoms with Gasteiger partial charge in [0, 0.05) is 5.92 Å². The first-order chi connectivity index (χ1) is 5.77. The number of ketones is 1. The van der Waals surface area contributed by atoms with Crippen molar-refractivity contribution in [3.63, 3.8) is 0 Å². The fraction of sp³-hybridized carbons (Fsp3) is 0.917. The van der Waals surface area contributed by atoms with Crippen LogP contribution < -0.4 is 0 Å². The van der Waals surface area contributed by atoms with Crippen LogP contribution in [-0.2, 0) is 4.79 Å². The smallest absolute Gasteiger partial charge is 0.133 e. The van der Waals surface area contributed by atoms with Crippen molar-refractivity contribution in [2.75, 3.05) is 0 Å². The van der Waals surface area contributed by atoms with Gasteiger partial charge in [-0.15, -0.1) is 0 Å². The first kappa shape index (κ1) is 10.7. The lowest BCUT2D eigenvalue weighted by molar-refractivity contribution is -0.132. The molecule has 1 aliphatic rings. The van der Waals surface area contributed by atoms with Gasteiger partial charge in [0.25, 0.3) is 0 Å². The number of carbonyl (C=O) groups is 1. The van der Waals surface area contributed by atoms with Crippen LogP contribution in [0.1, 0.15) is 53.9 Å². The standard InChI is InChI=1S/C12H22O/c1-9(13)10-11(2,3)7-6-8-12(10,4)5/h10H,6-8H2,1-5H3. The van der Waals surface area contributed by atoms with Crippen molar-refractivity contribution in [3.8, 4) is 0 Å². The molecule has 0 amide bonds. The summed E-state index contributed by atoms with van der Waals surface area (Å²) in [6.45, 7) is 10.7. The average Bonchev–Trinajstić information content (AvgIpc) is 1.79. The predicted molar refractivity (Wildman–Crippen MR) is 55.6 cm³/mol. The average molecular weight is 182 g/mol. The molecule has 1 aliphatic carbocycles. The molecule has 1 rings (SSSR count). The van der Waals surface area contributed by atoms with Gasteiger partial charge in [-0.05, 0) is 30.6 Å². The molecule has 0 radical (unpaired) electrons. The molecule has 1 nitrogen and oxygen atoms in total. The van der Waals surface area contributed by atoms with Gasteiger partial charge in [-0.25, -0.2) is 0 Å². The quantitative estimate of drug-likeness (QED) is 0.607. The van der Waals surface area contributed by atoms with E-state index in [0.717, 1.165) is 0 Å². The summed E-state index contributed by atoms with van der Waals surface area (Å²) in [6, 6.07) is 0. The van der Waals surface area contributed by atoms with E-state index < -0.39 is 0 Å². The number of hydrogen-bond donors (Lipinski definition) is 0. The highest BCUT2D eigenvalue weighted by Crippen LogP contribution is 2.50. The summed E-state index contributed by atoms with van der Waals surface area (Å²) in [7, 11) is 0. The topological polar surface area (TPSA) is 17.1 Å². The Hall–Kier alpha value is -0.330. The number of carbonyl (C=O) groups excluding carboxylic acids is 1. The van der Waals surface area contributed by atoms with E-state index in [1.807, 2.05) is 0 Å². The van der Waals surface area contributed by atoms with Gasteiger partial charge in [0.2, 0.25) is 0 Å². The molecule has 13 heavy (non-hydrogen) atoms. The largest absolute Gasteiger partial charge is 0.300 e. The maximum Gasteiger partial charge on any atom is 0.133 e. The molecule has 1 heteroatoms. The molecule has 0 atom stereocenters. The number of hydrogen-bond acceptors (Lipinski definition) is 1. The lowest BCUT2D eigenvalue weighted by Crippen LogP contribution is -2.44. The molecule has 0 aromatic carbocycles. The van der Waals surface area contributed by atoms with Gasteiger partial charge < -0.3 is 0 Å². The molecule has 76 valence electrons. The van der Waals surface area contributed by atoms with Crippen molar-refractivity contribution in [3.05, 3.63) is 0 Å². The zero-order chi connectivity index (χ0) is 10.3. The Labute approximate surface area is 81.9 Å².